The molecular formula is C26H31N5. The van der Waals surface area contributed by atoms with E-state index in [1.54, 1.807) is 0 Å². The summed E-state index contributed by atoms with van der Waals surface area (Å²) in [6.45, 7) is 5.66. The van der Waals surface area contributed by atoms with Gasteiger partial charge in [0.15, 0.2) is 0 Å². The Kier molecular flexibility index (Phi) is 5.70. The Morgan fingerprint density at radius 1 is 1.06 bits per heavy atom. The molecule has 0 unspecified atom stereocenters. The minimum Gasteiger partial charge on any atom is -0.339 e. The Morgan fingerprint density at radius 2 is 1.97 bits per heavy atom. The molecule has 0 aliphatic heterocycles. The quantitative estimate of drug-likeness (QED) is 0.471. The summed E-state index contributed by atoms with van der Waals surface area (Å²) in [4.78, 5) is 12.2. The zero-order valence-electron chi connectivity index (χ0n) is 18.3. The van der Waals surface area contributed by atoms with Gasteiger partial charge in [0, 0.05) is 41.8 Å². The summed E-state index contributed by atoms with van der Waals surface area (Å²) in [7, 11) is 0. The van der Waals surface area contributed by atoms with E-state index in [9.17, 15) is 0 Å². The predicted octanol–water partition coefficient (Wildman–Crippen LogP) is 4.83. The van der Waals surface area contributed by atoms with Gasteiger partial charge < -0.3 is 10.3 Å². The summed E-state index contributed by atoms with van der Waals surface area (Å²) in [5, 5.41) is 2.58. The molecule has 4 aromatic rings. The van der Waals surface area contributed by atoms with Crippen LogP contribution in [0.2, 0.25) is 0 Å². The first-order valence-corrected chi connectivity index (χ1v) is 11.5. The second kappa shape index (κ2) is 8.77. The predicted molar refractivity (Wildman–Crippen MR) is 127 cm³/mol. The van der Waals surface area contributed by atoms with Gasteiger partial charge in [-0.25, -0.2) is 0 Å². The van der Waals surface area contributed by atoms with Gasteiger partial charge in [0.25, 0.3) is 0 Å². The maximum absolute atomic E-state index is 5.87. The Balaban J connectivity index is 1.59. The van der Waals surface area contributed by atoms with E-state index in [0.29, 0.717) is 12.6 Å². The van der Waals surface area contributed by atoms with Gasteiger partial charge in [0.05, 0.1) is 22.9 Å². The van der Waals surface area contributed by atoms with E-state index in [1.807, 2.05) is 12.4 Å². The molecule has 5 rings (SSSR count). The van der Waals surface area contributed by atoms with Gasteiger partial charge in [-0.3, -0.25) is 14.9 Å². The Labute approximate surface area is 183 Å². The second-order valence-corrected chi connectivity index (χ2v) is 8.48. The molecular weight excluding hydrogens is 382 g/mol. The van der Waals surface area contributed by atoms with Crippen LogP contribution in [0.3, 0.4) is 0 Å². The fourth-order valence-corrected chi connectivity index (χ4v) is 5.25. The normalized spacial score (nSPS) is 16.3. The number of aromatic nitrogens is 3. The summed E-state index contributed by atoms with van der Waals surface area (Å²) in [5.41, 5.74) is 12.2. The van der Waals surface area contributed by atoms with Crippen molar-refractivity contribution in [3.8, 4) is 0 Å². The lowest BCUT2D eigenvalue weighted by Gasteiger charge is -2.34. The number of nitrogens with zero attached hydrogens (tertiary/aromatic N) is 4. The highest BCUT2D eigenvalue weighted by Gasteiger charge is 2.27. The van der Waals surface area contributed by atoms with Gasteiger partial charge in [0.2, 0.25) is 0 Å². The van der Waals surface area contributed by atoms with E-state index in [1.165, 1.54) is 39.5 Å². The maximum atomic E-state index is 5.87. The Hall–Kier alpha value is -2.76. The highest BCUT2D eigenvalue weighted by molar-refractivity contribution is 6.08. The van der Waals surface area contributed by atoms with Crippen molar-refractivity contribution in [2.24, 2.45) is 5.73 Å². The topological polar surface area (TPSA) is 60.0 Å². The molecule has 1 aliphatic rings. The van der Waals surface area contributed by atoms with Crippen molar-refractivity contribution in [1.82, 2.24) is 19.4 Å². The largest absolute Gasteiger partial charge is 0.339 e. The molecule has 0 fully saturated rings. The van der Waals surface area contributed by atoms with Gasteiger partial charge in [-0.15, -0.1) is 0 Å². The molecule has 31 heavy (non-hydrogen) atoms. The van der Waals surface area contributed by atoms with Crippen LogP contribution in [0, 0.1) is 0 Å². The van der Waals surface area contributed by atoms with Crippen LogP contribution in [0.4, 0.5) is 0 Å². The monoisotopic (exact) mass is 413 g/mol. The number of para-hydroxylation sites is 1. The second-order valence-electron chi connectivity index (χ2n) is 8.48. The molecule has 2 N–H and O–H groups in total. The number of nitrogens with two attached hydrogens (primary N) is 1. The number of hydrogen-bond donors (Lipinski definition) is 1. The first-order valence-electron chi connectivity index (χ1n) is 11.5. The van der Waals surface area contributed by atoms with Crippen LogP contribution in [0.5, 0.6) is 0 Å². The summed E-state index contributed by atoms with van der Waals surface area (Å²) in [6.07, 6.45) is 8.38. The van der Waals surface area contributed by atoms with Crippen LogP contribution >= 0.6 is 0 Å². The smallest absolute Gasteiger partial charge is 0.0786 e. The molecule has 1 aromatic carbocycles. The Morgan fingerprint density at radius 3 is 2.84 bits per heavy atom. The molecule has 0 saturated carbocycles. The third kappa shape index (κ3) is 3.62. The van der Waals surface area contributed by atoms with Crippen LogP contribution in [0.15, 0.2) is 54.9 Å². The Bertz CT molecular complexity index is 1200. The molecule has 0 spiro atoms. The van der Waals surface area contributed by atoms with Crippen molar-refractivity contribution in [1.29, 1.82) is 0 Å². The summed E-state index contributed by atoms with van der Waals surface area (Å²) in [6, 6.07) is 15.5. The van der Waals surface area contributed by atoms with Crippen molar-refractivity contribution in [2.75, 3.05) is 13.1 Å². The highest BCUT2D eigenvalue weighted by Crippen LogP contribution is 2.35. The van der Waals surface area contributed by atoms with Crippen LogP contribution < -0.4 is 5.73 Å². The summed E-state index contributed by atoms with van der Waals surface area (Å²) in [5.74, 6) is 0. The number of benzene rings is 1. The third-order valence-electron chi connectivity index (χ3n) is 6.71. The highest BCUT2D eigenvalue weighted by atomic mass is 15.2. The molecule has 1 aliphatic carbocycles. The number of pyridine rings is 2. The zero-order chi connectivity index (χ0) is 21.2. The fourth-order valence-electron chi connectivity index (χ4n) is 5.25. The molecule has 5 heteroatoms. The maximum Gasteiger partial charge on any atom is 0.0786 e. The van der Waals surface area contributed by atoms with Crippen molar-refractivity contribution in [3.63, 3.8) is 0 Å². The molecule has 5 nitrogen and oxygen atoms in total. The van der Waals surface area contributed by atoms with E-state index in [2.05, 4.69) is 58.9 Å². The van der Waals surface area contributed by atoms with E-state index in [4.69, 9.17) is 15.7 Å². The lowest BCUT2D eigenvalue weighted by molar-refractivity contribution is 0.173. The first-order chi connectivity index (χ1) is 15.3. The number of hydrogen-bond acceptors (Lipinski definition) is 4. The zero-order valence-corrected chi connectivity index (χ0v) is 18.3. The van der Waals surface area contributed by atoms with Crippen LogP contribution in [-0.2, 0) is 19.5 Å². The molecule has 0 radical (unpaired) electrons. The van der Waals surface area contributed by atoms with Crippen LogP contribution in [0.25, 0.3) is 21.8 Å². The summed E-state index contributed by atoms with van der Waals surface area (Å²) >= 11 is 0. The first kappa shape index (κ1) is 20.2. The van der Waals surface area contributed by atoms with Gasteiger partial charge in [-0.05, 0) is 62.5 Å². The molecule has 160 valence electrons. The standard InChI is InChI=1S/C26H31N5/c1-2-30(24-12-5-8-19-9-6-15-29-25(19)24)18-22-26-21(13-16-28-22)20-10-3-4-11-23(20)31(26)17-7-14-27/h3-4,6,9-11,13,15-16,24H,2,5,7-8,12,14,17-18,27H2,1H3/t24-/m0/s1. The third-order valence-corrected chi connectivity index (χ3v) is 6.71. The van der Waals surface area contributed by atoms with Gasteiger partial charge >= 0.3 is 0 Å². The molecule has 3 heterocycles. The summed E-state index contributed by atoms with van der Waals surface area (Å²) < 4.78 is 2.43. The lowest BCUT2D eigenvalue weighted by Crippen LogP contribution is -2.32. The van der Waals surface area contributed by atoms with Crippen molar-refractivity contribution in [2.45, 2.75) is 51.7 Å². The molecule has 3 aromatic heterocycles. The average molecular weight is 414 g/mol. The van der Waals surface area contributed by atoms with Gasteiger partial charge in [-0.2, -0.15) is 0 Å². The van der Waals surface area contributed by atoms with E-state index in [-0.39, 0.29) is 0 Å². The van der Waals surface area contributed by atoms with E-state index < -0.39 is 0 Å². The average Bonchev–Trinajstić information content (AvgIpc) is 3.15. The van der Waals surface area contributed by atoms with Crippen LogP contribution in [-0.4, -0.2) is 32.5 Å². The van der Waals surface area contributed by atoms with Crippen molar-refractivity contribution in [3.05, 3.63) is 71.8 Å². The van der Waals surface area contributed by atoms with E-state index >= 15 is 0 Å². The minimum atomic E-state index is 0.355. The molecule has 1 atom stereocenters. The SMILES string of the molecule is CCN(Cc1nccc2c3ccccc3n(CCCN)c12)[C@H]1CCCc2cccnc21. The minimum absolute atomic E-state index is 0.355. The molecule has 0 saturated heterocycles. The van der Waals surface area contributed by atoms with Crippen molar-refractivity contribution >= 4 is 21.8 Å². The lowest BCUT2D eigenvalue weighted by atomic mass is 9.90. The number of fused-ring (bicyclic) bond motifs is 4. The molecule has 0 amide bonds. The van der Waals surface area contributed by atoms with Gasteiger partial charge in [-0.1, -0.05) is 31.2 Å². The fraction of sp³-hybridized carbons (Fsp3) is 0.385. The number of rotatable bonds is 7. The van der Waals surface area contributed by atoms with Crippen LogP contribution in [0.1, 0.15) is 49.2 Å². The molecule has 0 bridgehead atoms. The van der Waals surface area contributed by atoms with Crippen molar-refractivity contribution < 1.29 is 0 Å². The van der Waals surface area contributed by atoms with Gasteiger partial charge in [0.1, 0.15) is 0 Å². The van der Waals surface area contributed by atoms with E-state index in [0.717, 1.165) is 44.6 Å². The number of aryl methyl sites for hydroxylation is 2.